The number of hydrogen-bond donors (Lipinski definition) is 2. The molecule has 1 fully saturated rings. The molecule has 2 N–H and O–H groups in total. The van der Waals surface area contributed by atoms with Gasteiger partial charge in [0.05, 0.1) is 17.8 Å². The van der Waals surface area contributed by atoms with Crippen molar-refractivity contribution in [2.75, 3.05) is 46.3 Å². The fourth-order valence-electron chi connectivity index (χ4n) is 4.33. The number of allylic oxidation sites excluding steroid dienone is 1. The minimum atomic E-state index is -0.335. The predicted molar refractivity (Wildman–Crippen MR) is 136 cm³/mol. The lowest BCUT2D eigenvalue weighted by atomic mass is 9.78. The molecular formula is C26H39N7O. The molecule has 0 unspecified atom stereocenters. The van der Waals surface area contributed by atoms with Crippen LogP contribution in [-0.4, -0.2) is 83.2 Å². The van der Waals surface area contributed by atoms with Gasteiger partial charge in [-0.15, -0.1) is 0 Å². The van der Waals surface area contributed by atoms with Gasteiger partial charge in [-0.25, -0.2) is 4.98 Å². The van der Waals surface area contributed by atoms with Crippen molar-refractivity contribution in [1.29, 1.82) is 5.26 Å². The Balaban J connectivity index is 1.69. The largest absolute Gasteiger partial charge is 0.346 e. The van der Waals surface area contributed by atoms with E-state index in [-0.39, 0.29) is 23.0 Å². The molecule has 2 heterocycles. The van der Waals surface area contributed by atoms with E-state index in [2.05, 4.69) is 72.0 Å². The number of H-pyrrole nitrogens is 1. The van der Waals surface area contributed by atoms with E-state index in [9.17, 15) is 4.79 Å². The summed E-state index contributed by atoms with van der Waals surface area (Å²) in [4.78, 5) is 28.9. The second kappa shape index (κ2) is 11.1. The van der Waals surface area contributed by atoms with Crippen LogP contribution in [-0.2, 0) is 0 Å². The zero-order chi connectivity index (χ0) is 24.8. The Bertz CT molecular complexity index is 985. The minimum Gasteiger partial charge on any atom is -0.346 e. The number of likely N-dealkylation sites (N-methyl/N-ethyl adjacent to an activating group) is 1. The number of rotatable bonds is 8. The summed E-state index contributed by atoms with van der Waals surface area (Å²) in [6, 6.07) is 1.92. The lowest BCUT2D eigenvalue weighted by molar-refractivity contribution is 0.0948. The van der Waals surface area contributed by atoms with E-state index in [4.69, 9.17) is 10.3 Å². The number of nitriles is 1. The highest BCUT2D eigenvalue weighted by Crippen LogP contribution is 2.34. The summed E-state index contributed by atoms with van der Waals surface area (Å²) in [6.45, 7) is 14.3. The van der Waals surface area contributed by atoms with Crippen LogP contribution in [0.5, 0.6) is 0 Å². The quantitative estimate of drug-likeness (QED) is 0.454. The van der Waals surface area contributed by atoms with Crippen molar-refractivity contribution in [2.24, 2.45) is 10.4 Å². The van der Waals surface area contributed by atoms with Gasteiger partial charge in [-0.1, -0.05) is 31.6 Å². The SMILES string of the molecule is CN1CCN(C(C)(C)C(/C=C\CNC(=O)c2nc(C#N)c[nH]2)=N/CC2=CCC(C)(C)CC2)CC1. The van der Waals surface area contributed by atoms with Crippen LogP contribution in [0.4, 0.5) is 0 Å². The maximum Gasteiger partial charge on any atom is 0.287 e. The van der Waals surface area contributed by atoms with E-state index in [1.54, 1.807) is 0 Å². The highest BCUT2D eigenvalue weighted by atomic mass is 16.2. The van der Waals surface area contributed by atoms with Crippen LogP contribution in [0.15, 0.2) is 35.0 Å². The van der Waals surface area contributed by atoms with Gasteiger partial charge in [0.2, 0.25) is 0 Å². The van der Waals surface area contributed by atoms with Gasteiger partial charge in [0.15, 0.2) is 11.5 Å². The standard InChI is InChI=1S/C26H39N7O/c1-25(2)10-8-20(9-11-25)18-29-22(26(3,4)33-15-13-32(5)14-16-33)7-6-12-28-24(34)23-30-19-21(17-27)31-23/h6-8,19H,9-16,18H2,1-5H3,(H,28,34)(H,30,31)/b7-6-,29-22+. The van der Waals surface area contributed by atoms with Crippen molar-refractivity contribution in [3.8, 4) is 6.07 Å². The van der Waals surface area contributed by atoms with E-state index < -0.39 is 0 Å². The minimum absolute atomic E-state index is 0.142. The lowest BCUT2D eigenvalue weighted by Gasteiger charge is -2.43. The summed E-state index contributed by atoms with van der Waals surface area (Å²) in [6.07, 6.45) is 11.2. The molecule has 184 valence electrons. The van der Waals surface area contributed by atoms with Gasteiger partial charge in [0, 0.05) is 38.9 Å². The van der Waals surface area contributed by atoms with Crippen molar-refractivity contribution in [3.63, 3.8) is 0 Å². The van der Waals surface area contributed by atoms with E-state index in [0.29, 0.717) is 12.0 Å². The zero-order valence-electron chi connectivity index (χ0n) is 21.3. The average molecular weight is 466 g/mol. The fraction of sp³-hybridized carbons (Fsp3) is 0.615. The van der Waals surface area contributed by atoms with Gasteiger partial charge in [-0.05, 0) is 51.6 Å². The number of nitrogens with zero attached hydrogens (tertiary/aromatic N) is 5. The van der Waals surface area contributed by atoms with Crippen LogP contribution < -0.4 is 5.32 Å². The molecule has 8 nitrogen and oxygen atoms in total. The first-order valence-electron chi connectivity index (χ1n) is 12.2. The molecule has 34 heavy (non-hydrogen) atoms. The fourth-order valence-corrected chi connectivity index (χ4v) is 4.33. The van der Waals surface area contributed by atoms with Crippen molar-refractivity contribution < 1.29 is 4.79 Å². The number of imidazole rings is 1. The number of amides is 1. The zero-order valence-corrected chi connectivity index (χ0v) is 21.3. The molecule has 1 saturated heterocycles. The lowest BCUT2D eigenvalue weighted by Crippen LogP contribution is -2.57. The summed E-state index contributed by atoms with van der Waals surface area (Å²) < 4.78 is 0. The molecule has 2 aliphatic rings. The molecule has 8 heteroatoms. The second-order valence-corrected chi connectivity index (χ2v) is 10.6. The predicted octanol–water partition coefficient (Wildman–Crippen LogP) is 3.17. The molecule has 0 bridgehead atoms. The van der Waals surface area contributed by atoms with Gasteiger partial charge in [0.25, 0.3) is 5.91 Å². The van der Waals surface area contributed by atoms with Crippen LogP contribution in [0.25, 0.3) is 0 Å². The van der Waals surface area contributed by atoms with Gasteiger partial charge in [-0.3, -0.25) is 14.7 Å². The van der Waals surface area contributed by atoms with Crippen molar-refractivity contribution in [2.45, 2.75) is 52.5 Å². The molecule has 3 rings (SSSR count). The Morgan fingerprint density at radius 3 is 2.71 bits per heavy atom. The Morgan fingerprint density at radius 1 is 1.35 bits per heavy atom. The molecule has 1 amide bonds. The van der Waals surface area contributed by atoms with Crippen LogP contribution in [0, 0.1) is 16.7 Å². The summed E-state index contributed by atoms with van der Waals surface area (Å²) in [5.74, 6) is -0.193. The normalized spacial score (nSPS) is 20.2. The molecule has 0 atom stereocenters. The molecule has 1 aromatic heterocycles. The van der Waals surface area contributed by atoms with Gasteiger partial charge < -0.3 is 15.2 Å². The first-order valence-corrected chi connectivity index (χ1v) is 12.2. The topological polar surface area (TPSA) is 100 Å². The number of carbonyl (C=O) groups excluding carboxylic acids is 1. The maximum absolute atomic E-state index is 12.3. The molecule has 1 aliphatic carbocycles. The highest BCUT2D eigenvalue weighted by molar-refractivity contribution is 6.02. The van der Waals surface area contributed by atoms with Crippen molar-refractivity contribution >= 4 is 11.6 Å². The number of aromatic amines is 1. The summed E-state index contributed by atoms with van der Waals surface area (Å²) in [7, 11) is 2.16. The number of piperazine rings is 1. The Kier molecular flexibility index (Phi) is 8.45. The number of hydrogen-bond acceptors (Lipinski definition) is 6. The smallest absolute Gasteiger partial charge is 0.287 e. The molecular weight excluding hydrogens is 426 g/mol. The third-order valence-electron chi connectivity index (χ3n) is 7.00. The highest BCUT2D eigenvalue weighted by Gasteiger charge is 2.33. The number of aliphatic imine (C=N–C) groups is 1. The van der Waals surface area contributed by atoms with E-state index >= 15 is 0 Å². The van der Waals surface area contributed by atoms with Gasteiger partial charge in [0.1, 0.15) is 6.07 Å². The Hall–Kier alpha value is -2.76. The number of carbonyl (C=O) groups is 1. The summed E-state index contributed by atoms with van der Waals surface area (Å²) in [5.41, 5.74) is 2.82. The molecule has 1 aliphatic heterocycles. The van der Waals surface area contributed by atoms with Crippen molar-refractivity contribution in [1.82, 2.24) is 25.1 Å². The third-order valence-corrected chi connectivity index (χ3v) is 7.00. The van der Waals surface area contributed by atoms with Gasteiger partial charge >= 0.3 is 0 Å². The molecule has 0 spiro atoms. The molecule has 1 aromatic rings. The van der Waals surface area contributed by atoms with Crippen LogP contribution in [0.3, 0.4) is 0 Å². The average Bonchev–Trinajstić information content (AvgIpc) is 3.29. The number of aromatic nitrogens is 2. The van der Waals surface area contributed by atoms with E-state index in [1.165, 1.54) is 18.2 Å². The maximum atomic E-state index is 12.3. The molecule has 0 radical (unpaired) electrons. The van der Waals surface area contributed by atoms with Crippen LogP contribution >= 0.6 is 0 Å². The molecule has 0 saturated carbocycles. The Labute approximate surface area is 203 Å². The summed E-state index contributed by atoms with van der Waals surface area (Å²) >= 11 is 0. The number of nitrogens with one attached hydrogen (secondary N) is 2. The first-order chi connectivity index (χ1) is 16.1. The van der Waals surface area contributed by atoms with Crippen LogP contribution in [0.1, 0.15) is 63.3 Å². The second-order valence-electron chi connectivity index (χ2n) is 10.6. The van der Waals surface area contributed by atoms with Crippen LogP contribution in [0.2, 0.25) is 0 Å². The molecule has 0 aromatic carbocycles. The third kappa shape index (κ3) is 6.87. The van der Waals surface area contributed by atoms with E-state index in [0.717, 1.165) is 51.3 Å². The monoisotopic (exact) mass is 465 g/mol. The van der Waals surface area contributed by atoms with Crippen molar-refractivity contribution in [3.05, 3.63) is 41.5 Å². The first kappa shape index (κ1) is 25.9. The summed E-state index contributed by atoms with van der Waals surface area (Å²) in [5, 5.41) is 11.7. The van der Waals surface area contributed by atoms with Gasteiger partial charge in [-0.2, -0.15) is 5.26 Å². The van der Waals surface area contributed by atoms with E-state index in [1.807, 2.05) is 12.1 Å². The Morgan fingerprint density at radius 2 is 2.09 bits per heavy atom.